The molecule has 0 bridgehead atoms. The van der Waals surface area contributed by atoms with Gasteiger partial charge in [-0.15, -0.1) is 0 Å². The maximum Gasteiger partial charge on any atom is 0.306 e. The van der Waals surface area contributed by atoms with Crippen molar-refractivity contribution in [2.45, 2.75) is 20.3 Å². The smallest absolute Gasteiger partial charge is 0.306 e. The first kappa shape index (κ1) is 17.5. The van der Waals surface area contributed by atoms with Gasteiger partial charge in [0.15, 0.2) is 0 Å². The van der Waals surface area contributed by atoms with Crippen molar-refractivity contribution in [3.63, 3.8) is 0 Å². The molecule has 0 fully saturated rings. The minimum atomic E-state index is -3.67. The lowest BCUT2D eigenvalue weighted by Gasteiger charge is -2.26. The highest BCUT2D eigenvalue weighted by atomic mass is 32.2. The molecular formula is C14H22N2O4S. The normalized spacial score (nSPS) is 11.5. The van der Waals surface area contributed by atoms with Crippen LogP contribution in [0.1, 0.15) is 17.5 Å². The van der Waals surface area contributed by atoms with Gasteiger partial charge in [-0.1, -0.05) is 6.07 Å². The summed E-state index contributed by atoms with van der Waals surface area (Å²) in [6.45, 7) is 3.90. The molecule has 0 saturated carbocycles. The lowest BCUT2D eigenvalue weighted by atomic mass is 10.1. The Kier molecular flexibility index (Phi) is 5.74. The second-order valence-electron chi connectivity index (χ2n) is 4.97. The van der Waals surface area contributed by atoms with Crippen molar-refractivity contribution < 1.29 is 17.9 Å². The minimum Gasteiger partial charge on any atom is -0.469 e. The molecule has 0 aliphatic carbocycles. The lowest BCUT2D eigenvalue weighted by molar-refractivity contribution is -0.140. The molecule has 0 spiro atoms. The molecule has 6 nitrogen and oxygen atoms in total. The molecular weight excluding hydrogens is 292 g/mol. The average Bonchev–Trinajstić information content (AvgIpc) is 2.42. The Labute approximate surface area is 126 Å². The Bertz CT molecular complexity index is 593. The number of nitrogens with zero attached hydrogens (tertiary/aromatic N) is 2. The van der Waals surface area contributed by atoms with Gasteiger partial charge >= 0.3 is 16.2 Å². The van der Waals surface area contributed by atoms with Gasteiger partial charge in [0.05, 0.1) is 19.2 Å². The second-order valence-corrected chi connectivity index (χ2v) is 7.04. The molecule has 0 aliphatic rings. The first-order valence-corrected chi connectivity index (χ1v) is 7.93. The molecule has 0 saturated heterocycles. The van der Waals surface area contributed by atoms with E-state index in [1.54, 1.807) is 12.1 Å². The fourth-order valence-electron chi connectivity index (χ4n) is 1.94. The van der Waals surface area contributed by atoms with E-state index in [0.717, 1.165) is 15.4 Å². The summed E-state index contributed by atoms with van der Waals surface area (Å²) >= 11 is 0. The Morgan fingerprint density at radius 3 is 2.14 bits per heavy atom. The topological polar surface area (TPSA) is 66.9 Å². The van der Waals surface area contributed by atoms with Gasteiger partial charge in [0.2, 0.25) is 0 Å². The highest BCUT2D eigenvalue weighted by Gasteiger charge is 2.24. The number of rotatable bonds is 6. The summed E-state index contributed by atoms with van der Waals surface area (Å²) in [7, 11) is 0.546. The van der Waals surface area contributed by atoms with Crippen molar-refractivity contribution in [2.75, 3.05) is 32.1 Å². The highest BCUT2D eigenvalue weighted by molar-refractivity contribution is 7.90. The van der Waals surface area contributed by atoms with E-state index < -0.39 is 16.2 Å². The molecule has 0 unspecified atom stereocenters. The molecule has 1 rings (SSSR count). The largest absolute Gasteiger partial charge is 0.469 e. The Balaban J connectivity index is 2.92. The van der Waals surface area contributed by atoms with E-state index in [0.29, 0.717) is 5.69 Å². The summed E-state index contributed by atoms with van der Waals surface area (Å²) in [5.41, 5.74) is 2.57. The third-order valence-electron chi connectivity index (χ3n) is 3.17. The predicted octanol–water partition coefficient (Wildman–Crippen LogP) is 1.48. The zero-order valence-electron chi connectivity index (χ0n) is 13.1. The number of esters is 1. The summed E-state index contributed by atoms with van der Waals surface area (Å²) in [6, 6.07) is 5.59. The molecule has 118 valence electrons. The minimum absolute atomic E-state index is 0.0207. The monoisotopic (exact) mass is 314 g/mol. The standard InChI is InChI=1S/C14H22N2O4S/c1-11-8-12(2)10-13(9-11)16(4)21(18,19)15(3)7-6-14(17)20-5/h8-10H,6-7H2,1-5H3. The summed E-state index contributed by atoms with van der Waals surface area (Å²) in [6.07, 6.45) is 0.0207. The summed E-state index contributed by atoms with van der Waals surface area (Å²) in [4.78, 5) is 11.1. The number of benzene rings is 1. The van der Waals surface area contributed by atoms with Crippen molar-refractivity contribution in [2.24, 2.45) is 0 Å². The molecule has 0 atom stereocenters. The Hall–Kier alpha value is -1.60. The van der Waals surface area contributed by atoms with Gasteiger partial charge in [-0.25, -0.2) is 0 Å². The van der Waals surface area contributed by atoms with Gasteiger partial charge in [-0.3, -0.25) is 9.10 Å². The van der Waals surface area contributed by atoms with E-state index in [-0.39, 0.29) is 13.0 Å². The van der Waals surface area contributed by atoms with Crippen LogP contribution >= 0.6 is 0 Å². The van der Waals surface area contributed by atoms with E-state index in [2.05, 4.69) is 4.74 Å². The maximum atomic E-state index is 12.5. The van der Waals surface area contributed by atoms with Crippen LogP contribution in [0.25, 0.3) is 0 Å². The second kappa shape index (κ2) is 6.91. The first-order valence-electron chi connectivity index (χ1n) is 6.53. The Morgan fingerprint density at radius 2 is 1.67 bits per heavy atom. The van der Waals surface area contributed by atoms with Gasteiger partial charge < -0.3 is 4.74 Å². The molecule has 0 N–H and O–H groups in total. The summed E-state index contributed by atoms with van der Waals surface area (Å²) < 4.78 is 31.8. The van der Waals surface area contributed by atoms with Crippen molar-refractivity contribution >= 4 is 21.9 Å². The third kappa shape index (κ3) is 4.44. The van der Waals surface area contributed by atoms with Crippen LogP contribution in [0.3, 0.4) is 0 Å². The van der Waals surface area contributed by atoms with Crippen molar-refractivity contribution in [1.29, 1.82) is 0 Å². The number of methoxy groups -OCH3 is 1. The number of carbonyl (C=O) groups excluding carboxylic acids is 1. The number of ether oxygens (including phenoxy) is 1. The molecule has 0 heterocycles. The van der Waals surface area contributed by atoms with Crippen LogP contribution in [0.15, 0.2) is 18.2 Å². The van der Waals surface area contributed by atoms with Gasteiger partial charge in [0.25, 0.3) is 0 Å². The summed E-state index contributed by atoms with van der Waals surface area (Å²) in [5, 5.41) is 0. The number of hydrogen-bond acceptors (Lipinski definition) is 4. The number of carbonyl (C=O) groups is 1. The van der Waals surface area contributed by atoms with Crippen LogP contribution in [0.5, 0.6) is 0 Å². The zero-order valence-corrected chi connectivity index (χ0v) is 13.9. The van der Waals surface area contributed by atoms with Crippen molar-refractivity contribution in [3.05, 3.63) is 29.3 Å². The van der Waals surface area contributed by atoms with E-state index in [9.17, 15) is 13.2 Å². The van der Waals surface area contributed by atoms with Crippen LogP contribution in [0, 0.1) is 13.8 Å². The van der Waals surface area contributed by atoms with Crippen molar-refractivity contribution in [3.8, 4) is 0 Å². The van der Waals surface area contributed by atoms with Gasteiger partial charge in [-0.05, 0) is 37.1 Å². The molecule has 0 aliphatic heterocycles. The van der Waals surface area contributed by atoms with Crippen LogP contribution < -0.4 is 4.31 Å². The maximum absolute atomic E-state index is 12.5. The fraction of sp³-hybridized carbons (Fsp3) is 0.500. The third-order valence-corrected chi connectivity index (χ3v) is 5.04. The number of anilines is 1. The molecule has 0 aromatic heterocycles. The lowest BCUT2D eigenvalue weighted by Crippen LogP contribution is -2.40. The van der Waals surface area contributed by atoms with E-state index in [1.165, 1.54) is 25.5 Å². The quantitative estimate of drug-likeness (QED) is 0.746. The highest BCUT2D eigenvalue weighted by Crippen LogP contribution is 2.21. The molecule has 7 heteroatoms. The summed E-state index contributed by atoms with van der Waals surface area (Å²) in [5.74, 6) is -0.439. The Morgan fingerprint density at radius 1 is 1.14 bits per heavy atom. The first-order chi connectivity index (χ1) is 9.68. The van der Waals surface area contributed by atoms with Gasteiger partial charge in [-0.2, -0.15) is 12.7 Å². The van der Waals surface area contributed by atoms with Crippen LogP contribution in [-0.2, 0) is 19.7 Å². The SMILES string of the molecule is COC(=O)CCN(C)S(=O)(=O)N(C)c1cc(C)cc(C)c1. The fourth-order valence-corrected chi connectivity index (χ4v) is 3.05. The van der Waals surface area contributed by atoms with Crippen LogP contribution in [0.4, 0.5) is 5.69 Å². The molecule has 1 aromatic rings. The molecule has 21 heavy (non-hydrogen) atoms. The predicted molar refractivity (Wildman–Crippen MR) is 82.5 cm³/mol. The van der Waals surface area contributed by atoms with Gasteiger partial charge in [0, 0.05) is 20.6 Å². The molecule has 0 radical (unpaired) electrons. The zero-order chi connectivity index (χ0) is 16.2. The van der Waals surface area contributed by atoms with Crippen LogP contribution in [-0.4, -0.2) is 46.4 Å². The molecule has 1 aromatic carbocycles. The molecule has 0 amide bonds. The van der Waals surface area contributed by atoms with E-state index in [4.69, 9.17) is 0 Å². The average molecular weight is 314 g/mol. The van der Waals surface area contributed by atoms with Gasteiger partial charge in [0.1, 0.15) is 0 Å². The van der Waals surface area contributed by atoms with E-state index in [1.807, 2.05) is 19.9 Å². The number of hydrogen-bond donors (Lipinski definition) is 0. The number of aryl methyl sites for hydroxylation is 2. The van der Waals surface area contributed by atoms with Crippen LogP contribution in [0.2, 0.25) is 0 Å². The van der Waals surface area contributed by atoms with E-state index >= 15 is 0 Å². The van der Waals surface area contributed by atoms with Crippen molar-refractivity contribution in [1.82, 2.24) is 4.31 Å².